The van der Waals surface area contributed by atoms with E-state index >= 15 is 0 Å². The second-order valence-electron chi connectivity index (χ2n) is 7.79. The Kier molecular flexibility index (Phi) is 6.30. The number of Topliss-reactive ketones (excluding diaryl/α,β-unsaturated/α-hetero) is 2. The molecule has 0 amide bonds. The van der Waals surface area contributed by atoms with Crippen molar-refractivity contribution in [2.75, 3.05) is 21.3 Å². The van der Waals surface area contributed by atoms with Crippen molar-refractivity contribution in [3.05, 3.63) is 59.7 Å². The van der Waals surface area contributed by atoms with Gasteiger partial charge in [-0.25, -0.2) is 0 Å². The van der Waals surface area contributed by atoms with Crippen LogP contribution < -0.4 is 9.47 Å². The summed E-state index contributed by atoms with van der Waals surface area (Å²) in [5.74, 6) is 1.26. The largest absolute Gasteiger partial charge is 0.497 e. The van der Waals surface area contributed by atoms with Crippen LogP contribution in [-0.2, 0) is 0 Å². The minimum absolute atomic E-state index is 0.0618. The number of carbonyl (C=O) groups excluding carboxylic acids is 2. The van der Waals surface area contributed by atoms with Gasteiger partial charge in [0, 0.05) is 11.1 Å². The van der Waals surface area contributed by atoms with E-state index in [1.807, 2.05) is 39.6 Å². The van der Waals surface area contributed by atoms with E-state index in [0.29, 0.717) is 22.6 Å². The molecule has 0 radical (unpaired) electrons. The van der Waals surface area contributed by atoms with Gasteiger partial charge in [0.2, 0.25) is 0 Å². The van der Waals surface area contributed by atoms with Crippen molar-refractivity contribution in [2.24, 2.45) is 0 Å². The molecule has 5 heteroatoms. The molecule has 0 aromatic heterocycles. The molecule has 0 atom stereocenters. The third-order valence-electron chi connectivity index (χ3n) is 5.49. The maximum absolute atomic E-state index is 13.2. The summed E-state index contributed by atoms with van der Waals surface area (Å²) < 4.78 is 10.3. The van der Waals surface area contributed by atoms with E-state index in [-0.39, 0.29) is 11.6 Å². The zero-order valence-electron chi connectivity index (χ0n) is 17.7. The van der Waals surface area contributed by atoms with Gasteiger partial charge in [-0.1, -0.05) is 0 Å². The van der Waals surface area contributed by atoms with E-state index in [0.717, 1.165) is 0 Å². The van der Waals surface area contributed by atoms with Gasteiger partial charge in [-0.2, -0.15) is 0 Å². The minimum atomic E-state index is -0.889. The number of benzene rings is 2. The molecular formula is C23H29NO4. The first-order valence-corrected chi connectivity index (χ1v) is 9.17. The summed E-state index contributed by atoms with van der Waals surface area (Å²) in [7, 11) is 4.98. The lowest BCUT2D eigenvalue weighted by molar-refractivity contribution is 0.0332. The molecule has 28 heavy (non-hydrogen) atoms. The van der Waals surface area contributed by atoms with E-state index in [4.69, 9.17) is 9.47 Å². The fourth-order valence-corrected chi connectivity index (χ4v) is 3.19. The van der Waals surface area contributed by atoms with E-state index in [9.17, 15) is 9.59 Å². The lowest BCUT2D eigenvalue weighted by Crippen LogP contribution is -2.60. The molecule has 0 aliphatic heterocycles. The Balaban J connectivity index is 2.29. The zero-order chi connectivity index (χ0) is 21.1. The third kappa shape index (κ3) is 4.09. The van der Waals surface area contributed by atoms with Crippen LogP contribution in [0.2, 0.25) is 0 Å². The van der Waals surface area contributed by atoms with Crippen LogP contribution in [0.3, 0.4) is 0 Å². The van der Waals surface area contributed by atoms with Crippen molar-refractivity contribution in [3.8, 4) is 11.5 Å². The lowest BCUT2D eigenvalue weighted by Gasteiger charge is -2.44. The summed E-state index contributed by atoms with van der Waals surface area (Å²) in [4.78, 5) is 28.2. The molecule has 2 aromatic rings. The first-order chi connectivity index (χ1) is 13.1. The van der Waals surface area contributed by atoms with E-state index in [1.165, 1.54) is 0 Å². The molecule has 0 bridgehead atoms. The quantitative estimate of drug-likeness (QED) is 0.638. The molecule has 0 unspecified atom stereocenters. The van der Waals surface area contributed by atoms with Gasteiger partial charge in [0.15, 0.2) is 11.6 Å². The number of ether oxygens (including phenoxy) is 2. The Morgan fingerprint density at radius 1 is 0.679 bits per heavy atom. The van der Waals surface area contributed by atoms with Gasteiger partial charge < -0.3 is 9.47 Å². The predicted octanol–water partition coefficient (Wildman–Crippen LogP) is 4.26. The highest BCUT2D eigenvalue weighted by Crippen LogP contribution is 2.30. The second-order valence-corrected chi connectivity index (χ2v) is 7.79. The maximum atomic E-state index is 13.2. The highest BCUT2D eigenvalue weighted by molar-refractivity contribution is 6.05. The van der Waals surface area contributed by atoms with Gasteiger partial charge in [-0.15, -0.1) is 0 Å². The Morgan fingerprint density at radius 3 is 1.21 bits per heavy atom. The topological polar surface area (TPSA) is 55.8 Å². The smallest absolute Gasteiger partial charge is 0.182 e. The van der Waals surface area contributed by atoms with Crippen LogP contribution in [0, 0.1) is 0 Å². The van der Waals surface area contributed by atoms with Crippen LogP contribution >= 0.6 is 0 Å². The number of nitrogens with zero attached hydrogens (tertiary/aromatic N) is 1. The second kappa shape index (κ2) is 8.15. The molecule has 0 N–H and O–H groups in total. The van der Waals surface area contributed by atoms with Crippen LogP contribution in [0.4, 0.5) is 0 Å². The lowest BCUT2D eigenvalue weighted by atomic mass is 9.83. The number of hydrogen-bond acceptors (Lipinski definition) is 5. The molecule has 0 aliphatic carbocycles. The van der Waals surface area contributed by atoms with Crippen LogP contribution in [0.5, 0.6) is 11.5 Å². The van der Waals surface area contributed by atoms with E-state index < -0.39 is 11.1 Å². The molecule has 0 spiro atoms. The molecule has 0 saturated heterocycles. The number of rotatable bonds is 8. The highest BCUT2D eigenvalue weighted by Gasteiger charge is 2.44. The van der Waals surface area contributed by atoms with Crippen LogP contribution in [0.15, 0.2) is 48.5 Å². The number of hydrogen-bond donors (Lipinski definition) is 0. The van der Waals surface area contributed by atoms with Crippen LogP contribution in [-0.4, -0.2) is 48.8 Å². The first-order valence-electron chi connectivity index (χ1n) is 9.17. The van der Waals surface area contributed by atoms with Crippen molar-refractivity contribution in [1.29, 1.82) is 0 Å². The predicted molar refractivity (Wildman–Crippen MR) is 111 cm³/mol. The summed E-state index contributed by atoms with van der Waals surface area (Å²) in [6, 6.07) is 14.0. The van der Waals surface area contributed by atoms with Crippen molar-refractivity contribution in [2.45, 2.75) is 38.8 Å². The Bertz CT molecular complexity index is 764. The SMILES string of the molecule is COc1ccc(C(=O)C(C)(C)N(C)C(C)(C)C(=O)c2ccc(OC)cc2)cc1. The van der Waals surface area contributed by atoms with Crippen LogP contribution in [0.1, 0.15) is 48.4 Å². The van der Waals surface area contributed by atoms with Crippen molar-refractivity contribution >= 4 is 11.6 Å². The fraction of sp³-hybridized carbons (Fsp3) is 0.391. The Labute approximate surface area is 167 Å². The maximum Gasteiger partial charge on any atom is 0.182 e. The Morgan fingerprint density at radius 2 is 0.964 bits per heavy atom. The van der Waals surface area contributed by atoms with Gasteiger partial charge in [0.05, 0.1) is 25.3 Å². The van der Waals surface area contributed by atoms with Crippen LogP contribution in [0.25, 0.3) is 0 Å². The van der Waals surface area contributed by atoms with Crippen molar-refractivity contribution in [3.63, 3.8) is 0 Å². The van der Waals surface area contributed by atoms with Gasteiger partial charge in [0.1, 0.15) is 11.5 Å². The number of carbonyl (C=O) groups is 2. The minimum Gasteiger partial charge on any atom is -0.497 e. The number of ketones is 2. The van der Waals surface area contributed by atoms with Gasteiger partial charge in [-0.3, -0.25) is 14.5 Å². The zero-order valence-corrected chi connectivity index (χ0v) is 17.7. The molecule has 0 saturated carbocycles. The number of methoxy groups -OCH3 is 2. The average molecular weight is 383 g/mol. The monoisotopic (exact) mass is 383 g/mol. The molecule has 0 heterocycles. The Hall–Kier alpha value is -2.66. The first kappa shape index (κ1) is 21.6. The number of likely N-dealkylation sites (N-methyl/N-ethyl adjacent to an activating group) is 1. The molecule has 2 aromatic carbocycles. The van der Waals surface area contributed by atoms with Crippen molar-refractivity contribution < 1.29 is 19.1 Å². The standard InChI is InChI=1S/C23H29NO4/c1-22(2,20(25)16-8-12-18(27-6)13-9-16)24(5)23(3,4)21(26)17-10-14-19(28-7)15-11-17/h8-15H,1-7H3. The fourth-order valence-electron chi connectivity index (χ4n) is 3.19. The van der Waals surface area contributed by atoms with E-state index in [1.54, 1.807) is 62.8 Å². The molecule has 150 valence electrons. The van der Waals surface area contributed by atoms with E-state index in [2.05, 4.69) is 0 Å². The van der Waals surface area contributed by atoms with Gasteiger partial charge in [-0.05, 0) is 83.3 Å². The summed E-state index contributed by atoms with van der Waals surface area (Å²) in [5.41, 5.74) is -0.629. The molecular weight excluding hydrogens is 354 g/mol. The van der Waals surface area contributed by atoms with Gasteiger partial charge in [0.25, 0.3) is 0 Å². The third-order valence-corrected chi connectivity index (χ3v) is 5.49. The molecule has 5 nitrogen and oxygen atoms in total. The summed E-state index contributed by atoms with van der Waals surface area (Å²) in [6.45, 7) is 7.34. The average Bonchev–Trinajstić information content (AvgIpc) is 2.72. The summed E-state index contributed by atoms with van der Waals surface area (Å²) in [6.07, 6.45) is 0. The van der Waals surface area contributed by atoms with Gasteiger partial charge >= 0.3 is 0 Å². The molecule has 0 fully saturated rings. The van der Waals surface area contributed by atoms with Crippen molar-refractivity contribution in [1.82, 2.24) is 4.90 Å². The molecule has 2 rings (SSSR count). The summed E-state index contributed by atoms with van der Waals surface area (Å²) >= 11 is 0. The normalized spacial score (nSPS) is 12.0. The highest BCUT2D eigenvalue weighted by atomic mass is 16.5. The molecule has 0 aliphatic rings. The summed E-state index contributed by atoms with van der Waals surface area (Å²) in [5, 5.41) is 0.